The highest BCUT2D eigenvalue weighted by molar-refractivity contribution is 14.0. The summed E-state index contributed by atoms with van der Waals surface area (Å²) in [5.41, 5.74) is 9.56. The number of rotatable bonds is 6. The van der Waals surface area contributed by atoms with Crippen LogP contribution in [0.2, 0.25) is 0 Å². The van der Waals surface area contributed by atoms with Crippen LogP contribution in [0, 0.1) is 6.92 Å². The van der Waals surface area contributed by atoms with Crippen LogP contribution in [0.1, 0.15) is 16.0 Å². The van der Waals surface area contributed by atoms with Crippen LogP contribution in [0.4, 0.5) is 5.69 Å². The Hall–Kier alpha value is -1.28. The van der Waals surface area contributed by atoms with Crippen LogP contribution in [-0.4, -0.2) is 26.6 Å². The van der Waals surface area contributed by atoms with E-state index >= 15 is 0 Å². The quantitative estimate of drug-likeness (QED) is 0.408. The van der Waals surface area contributed by atoms with Gasteiger partial charge in [0.1, 0.15) is 0 Å². The zero-order valence-electron chi connectivity index (χ0n) is 13.9. The number of nitrogens with one attached hydrogen (secondary N) is 1. The maximum absolute atomic E-state index is 5.92. The monoisotopic (exact) mass is 444 g/mol. The Morgan fingerprint density at radius 2 is 2.09 bits per heavy atom. The number of anilines is 1. The third kappa shape index (κ3) is 6.39. The van der Waals surface area contributed by atoms with Crippen molar-refractivity contribution in [2.45, 2.75) is 19.9 Å². The van der Waals surface area contributed by atoms with Crippen molar-refractivity contribution in [2.75, 3.05) is 25.5 Å². The van der Waals surface area contributed by atoms with E-state index in [1.54, 1.807) is 11.3 Å². The minimum absolute atomic E-state index is 0. The van der Waals surface area contributed by atoms with E-state index in [0.29, 0.717) is 12.5 Å². The molecule has 1 aromatic carbocycles. The van der Waals surface area contributed by atoms with Gasteiger partial charge in [-0.15, -0.1) is 35.3 Å². The third-order valence-electron chi connectivity index (χ3n) is 3.52. The van der Waals surface area contributed by atoms with Gasteiger partial charge >= 0.3 is 0 Å². The molecule has 2 rings (SSSR count). The standard InChI is InChI=1S/C17H24N4S.HI/c1-13-11-15(21(2)3)7-6-14(13)12-20-17(18)19-9-8-16-5-4-10-22-16;/h4-7,10-11H,8-9,12H2,1-3H3,(H3,18,19,20);1H. The van der Waals surface area contributed by atoms with Gasteiger partial charge in [0, 0.05) is 31.2 Å². The fourth-order valence-corrected chi connectivity index (χ4v) is 2.84. The molecular formula is C17H25IN4S. The molecule has 3 N–H and O–H groups in total. The van der Waals surface area contributed by atoms with Crippen LogP contribution in [0.5, 0.6) is 0 Å². The van der Waals surface area contributed by atoms with E-state index in [1.807, 2.05) is 14.1 Å². The third-order valence-corrected chi connectivity index (χ3v) is 4.46. The molecule has 23 heavy (non-hydrogen) atoms. The van der Waals surface area contributed by atoms with Crippen molar-refractivity contribution in [3.63, 3.8) is 0 Å². The number of nitrogens with zero attached hydrogens (tertiary/aromatic N) is 2. The van der Waals surface area contributed by atoms with Crippen LogP contribution in [0.3, 0.4) is 0 Å². The summed E-state index contributed by atoms with van der Waals surface area (Å²) in [5, 5.41) is 5.26. The maximum atomic E-state index is 5.92. The van der Waals surface area contributed by atoms with Crippen LogP contribution < -0.4 is 16.0 Å². The van der Waals surface area contributed by atoms with Crippen molar-refractivity contribution in [1.82, 2.24) is 5.32 Å². The molecule has 0 amide bonds. The molecule has 0 bridgehead atoms. The molecule has 4 nitrogen and oxygen atoms in total. The molecule has 0 atom stereocenters. The van der Waals surface area contributed by atoms with Crippen molar-refractivity contribution in [2.24, 2.45) is 10.7 Å². The molecule has 0 saturated carbocycles. The molecule has 6 heteroatoms. The highest BCUT2D eigenvalue weighted by atomic mass is 127. The predicted molar refractivity (Wildman–Crippen MR) is 112 cm³/mol. The SMILES string of the molecule is Cc1cc(N(C)C)ccc1CN=C(N)NCCc1cccs1.I. The molecular weight excluding hydrogens is 419 g/mol. The first-order valence-corrected chi connectivity index (χ1v) is 8.27. The van der Waals surface area contributed by atoms with E-state index in [4.69, 9.17) is 5.73 Å². The molecule has 0 aliphatic rings. The van der Waals surface area contributed by atoms with E-state index < -0.39 is 0 Å². The lowest BCUT2D eigenvalue weighted by Crippen LogP contribution is -2.33. The lowest BCUT2D eigenvalue weighted by atomic mass is 10.1. The first-order valence-electron chi connectivity index (χ1n) is 7.39. The van der Waals surface area contributed by atoms with Gasteiger partial charge in [0.25, 0.3) is 0 Å². The molecule has 0 radical (unpaired) electrons. The average Bonchev–Trinajstić information content (AvgIpc) is 2.99. The number of halogens is 1. The van der Waals surface area contributed by atoms with Gasteiger partial charge in [0.05, 0.1) is 6.54 Å². The Labute approximate surface area is 159 Å². The van der Waals surface area contributed by atoms with Gasteiger partial charge in [0.15, 0.2) is 5.96 Å². The fourth-order valence-electron chi connectivity index (χ4n) is 2.13. The number of aliphatic imine (C=N–C) groups is 1. The number of hydrogen-bond donors (Lipinski definition) is 2. The van der Waals surface area contributed by atoms with Crippen LogP contribution >= 0.6 is 35.3 Å². The number of benzene rings is 1. The Morgan fingerprint density at radius 3 is 2.70 bits per heavy atom. The second-order valence-corrected chi connectivity index (χ2v) is 6.50. The number of guanidine groups is 1. The van der Waals surface area contributed by atoms with E-state index in [0.717, 1.165) is 13.0 Å². The number of aryl methyl sites for hydroxylation is 1. The normalized spacial score (nSPS) is 11.0. The summed E-state index contributed by atoms with van der Waals surface area (Å²) in [4.78, 5) is 7.88. The van der Waals surface area contributed by atoms with Gasteiger partial charge in [-0.1, -0.05) is 12.1 Å². The zero-order chi connectivity index (χ0) is 15.9. The molecule has 0 fully saturated rings. The average molecular weight is 444 g/mol. The first-order chi connectivity index (χ1) is 10.6. The molecule has 0 unspecified atom stereocenters. The minimum atomic E-state index is 0. The fraction of sp³-hybridized carbons (Fsp3) is 0.353. The second-order valence-electron chi connectivity index (χ2n) is 5.46. The highest BCUT2D eigenvalue weighted by Crippen LogP contribution is 2.17. The smallest absolute Gasteiger partial charge is 0.188 e. The van der Waals surface area contributed by atoms with Crippen molar-refractivity contribution >= 4 is 47.0 Å². The molecule has 0 aliphatic carbocycles. The minimum Gasteiger partial charge on any atom is -0.378 e. The number of thiophene rings is 1. The maximum Gasteiger partial charge on any atom is 0.188 e. The van der Waals surface area contributed by atoms with Gasteiger partial charge < -0.3 is 16.0 Å². The Morgan fingerprint density at radius 1 is 1.30 bits per heavy atom. The van der Waals surface area contributed by atoms with E-state index in [9.17, 15) is 0 Å². The number of hydrogen-bond acceptors (Lipinski definition) is 3. The summed E-state index contributed by atoms with van der Waals surface area (Å²) in [6.45, 7) is 3.53. The van der Waals surface area contributed by atoms with Gasteiger partial charge in [-0.25, -0.2) is 4.99 Å². The summed E-state index contributed by atoms with van der Waals surface area (Å²) in [7, 11) is 4.09. The second kappa shape index (κ2) is 9.77. The topological polar surface area (TPSA) is 53.6 Å². The summed E-state index contributed by atoms with van der Waals surface area (Å²) >= 11 is 1.77. The molecule has 126 valence electrons. The van der Waals surface area contributed by atoms with Gasteiger partial charge in [-0.3, -0.25) is 0 Å². The molecule has 2 aromatic rings. The van der Waals surface area contributed by atoms with E-state index in [1.165, 1.54) is 21.7 Å². The lowest BCUT2D eigenvalue weighted by molar-refractivity contribution is 0.856. The molecule has 0 spiro atoms. The Balaban J connectivity index is 0.00000264. The van der Waals surface area contributed by atoms with Crippen molar-refractivity contribution in [3.8, 4) is 0 Å². The lowest BCUT2D eigenvalue weighted by Gasteiger charge is -2.14. The summed E-state index contributed by atoms with van der Waals surface area (Å²) in [6.07, 6.45) is 0.977. The Kier molecular flexibility index (Phi) is 8.40. The molecule has 1 heterocycles. The molecule has 1 aromatic heterocycles. The van der Waals surface area contributed by atoms with E-state index in [2.05, 4.69) is 57.8 Å². The van der Waals surface area contributed by atoms with Gasteiger partial charge in [-0.05, 0) is 48.1 Å². The van der Waals surface area contributed by atoms with Crippen LogP contribution in [-0.2, 0) is 13.0 Å². The summed E-state index contributed by atoms with van der Waals surface area (Å²) < 4.78 is 0. The van der Waals surface area contributed by atoms with Crippen LogP contribution in [0.15, 0.2) is 40.7 Å². The van der Waals surface area contributed by atoms with Gasteiger partial charge in [0.2, 0.25) is 0 Å². The van der Waals surface area contributed by atoms with Crippen LogP contribution in [0.25, 0.3) is 0 Å². The van der Waals surface area contributed by atoms with Crippen molar-refractivity contribution in [3.05, 3.63) is 51.7 Å². The largest absolute Gasteiger partial charge is 0.378 e. The molecule has 0 aliphatic heterocycles. The predicted octanol–water partition coefficient (Wildman–Crippen LogP) is 3.39. The molecule has 0 saturated heterocycles. The zero-order valence-corrected chi connectivity index (χ0v) is 17.0. The van der Waals surface area contributed by atoms with E-state index in [-0.39, 0.29) is 24.0 Å². The summed E-state index contributed by atoms with van der Waals surface area (Å²) in [6, 6.07) is 10.6. The summed E-state index contributed by atoms with van der Waals surface area (Å²) in [5.74, 6) is 0.507. The highest BCUT2D eigenvalue weighted by Gasteiger charge is 2.02. The Bertz CT molecular complexity index is 624. The number of nitrogens with two attached hydrogens (primary N) is 1. The van der Waals surface area contributed by atoms with Crippen molar-refractivity contribution < 1.29 is 0 Å². The van der Waals surface area contributed by atoms with Gasteiger partial charge in [-0.2, -0.15) is 0 Å². The van der Waals surface area contributed by atoms with Crippen molar-refractivity contribution in [1.29, 1.82) is 0 Å². The first kappa shape index (κ1) is 19.8.